The molecule has 0 atom stereocenters. The molecule has 0 aliphatic carbocycles. The van der Waals surface area contributed by atoms with E-state index in [1.54, 1.807) is 0 Å². The molecule has 4 nitrogen and oxygen atoms in total. The van der Waals surface area contributed by atoms with Gasteiger partial charge in [-0.05, 0) is 18.2 Å². The van der Waals surface area contributed by atoms with Crippen molar-refractivity contribution in [3.05, 3.63) is 52.4 Å². The summed E-state index contributed by atoms with van der Waals surface area (Å²) in [6, 6.07) is 5.45. The highest BCUT2D eigenvalue weighted by atomic mass is 19.4. The van der Waals surface area contributed by atoms with Gasteiger partial charge in [0.1, 0.15) is 5.75 Å². The fourth-order valence-corrected chi connectivity index (χ4v) is 1.29. The molecule has 0 saturated heterocycles. The molecule has 1 aromatic heterocycles. The summed E-state index contributed by atoms with van der Waals surface area (Å²) in [5.74, 6) is 0.0512. The predicted octanol–water partition coefficient (Wildman–Crippen LogP) is 2.58. The van der Waals surface area contributed by atoms with E-state index in [2.05, 4.69) is 10.2 Å². The van der Waals surface area contributed by atoms with Crippen LogP contribution in [-0.4, -0.2) is 10.2 Å². The van der Waals surface area contributed by atoms with E-state index in [9.17, 15) is 18.0 Å². The van der Waals surface area contributed by atoms with Crippen molar-refractivity contribution in [2.75, 3.05) is 0 Å². The zero-order valence-electron chi connectivity index (χ0n) is 8.86. The van der Waals surface area contributed by atoms with Gasteiger partial charge in [0.2, 0.25) is 0 Å². The Morgan fingerprint density at radius 3 is 2.61 bits per heavy atom. The van der Waals surface area contributed by atoms with Crippen molar-refractivity contribution < 1.29 is 17.9 Å². The van der Waals surface area contributed by atoms with Gasteiger partial charge in [-0.3, -0.25) is 4.79 Å². The molecule has 7 heteroatoms. The number of aromatic amines is 1. The fourth-order valence-electron chi connectivity index (χ4n) is 1.29. The Kier molecular flexibility index (Phi) is 3.05. The normalized spacial score (nSPS) is 11.3. The smallest absolute Gasteiger partial charge is 0.416 e. The standard InChI is InChI=1S/C11H7F3N2O2/c12-11(13,14)7-2-1-3-8(4-7)18-9-5-10(17)16-15-6-9/h1-6H,(H,16,17). The molecule has 0 saturated carbocycles. The minimum Gasteiger partial charge on any atom is -0.455 e. The molecule has 1 aromatic carbocycles. The Labute approximate surface area is 99.0 Å². The Balaban J connectivity index is 2.27. The number of benzene rings is 1. The molecule has 2 rings (SSSR count). The van der Waals surface area contributed by atoms with Crippen LogP contribution < -0.4 is 10.3 Å². The maximum absolute atomic E-state index is 12.4. The lowest BCUT2D eigenvalue weighted by molar-refractivity contribution is -0.137. The van der Waals surface area contributed by atoms with Crippen LogP contribution >= 0.6 is 0 Å². The number of H-pyrrole nitrogens is 1. The fraction of sp³-hybridized carbons (Fsp3) is 0.0909. The van der Waals surface area contributed by atoms with Crippen LogP contribution in [0.4, 0.5) is 13.2 Å². The summed E-state index contributed by atoms with van der Waals surface area (Å²) in [7, 11) is 0. The molecule has 0 aliphatic rings. The minimum absolute atomic E-state index is 0.0165. The summed E-state index contributed by atoms with van der Waals surface area (Å²) in [6.45, 7) is 0. The molecule has 94 valence electrons. The van der Waals surface area contributed by atoms with E-state index in [0.717, 1.165) is 18.2 Å². The van der Waals surface area contributed by atoms with Gasteiger partial charge in [-0.25, -0.2) is 5.10 Å². The van der Waals surface area contributed by atoms with Crippen LogP contribution in [0.3, 0.4) is 0 Å². The number of alkyl halides is 3. The van der Waals surface area contributed by atoms with Gasteiger partial charge in [0.05, 0.1) is 11.8 Å². The van der Waals surface area contributed by atoms with Crippen molar-refractivity contribution in [3.8, 4) is 11.5 Å². The molecule has 0 aliphatic heterocycles. The zero-order chi connectivity index (χ0) is 13.2. The van der Waals surface area contributed by atoms with E-state index >= 15 is 0 Å². The lowest BCUT2D eigenvalue weighted by atomic mass is 10.2. The molecule has 0 spiro atoms. The van der Waals surface area contributed by atoms with Crippen molar-refractivity contribution in [2.24, 2.45) is 0 Å². The molecule has 1 N–H and O–H groups in total. The average Bonchev–Trinajstić information content (AvgIpc) is 2.28. The summed E-state index contributed by atoms with van der Waals surface area (Å²) < 4.78 is 42.5. The molecule has 2 aromatic rings. The Bertz CT molecular complexity index is 607. The molecule has 1 heterocycles. The number of hydrogen-bond acceptors (Lipinski definition) is 3. The predicted molar refractivity (Wildman–Crippen MR) is 56.4 cm³/mol. The van der Waals surface area contributed by atoms with Crippen LogP contribution in [0.15, 0.2) is 41.3 Å². The van der Waals surface area contributed by atoms with Crippen LogP contribution in [0.2, 0.25) is 0 Å². The van der Waals surface area contributed by atoms with Gasteiger partial charge in [-0.15, -0.1) is 0 Å². The number of halogens is 3. The quantitative estimate of drug-likeness (QED) is 0.898. The summed E-state index contributed by atoms with van der Waals surface area (Å²) in [5.41, 5.74) is -1.32. The monoisotopic (exact) mass is 256 g/mol. The third-order valence-electron chi connectivity index (χ3n) is 2.04. The van der Waals surface area contributed by atoms with Crippen LogP contribution in [0.1, 0.15) is 5.56 Å². The number of ether oxygens (including phenoxy) is 1. The molecule has 0 fully saturated rings. The number of rotatable bonds is 2. The first-order chi connectivity index (χ1) is 8.45. The second-order valence-corrected chi connectivity index (χ2v) is 3.41. The first kappa shape index (κ1) is 12.2. The van der Waals surface area contributed by atoms with Gasteiger partial charge in [0.15, 0.2) is 5.75 Å². The summed E-state index contributed by atoms with van der Waals surface area (Å²) in [6.07, 6.45) is -3.24. The molecule has 0 bridgehead atoms. The van der Waals surface area contributed by atoms with E-state index in [-0.39, 0.29) is 11.5 Å². The largest absolute Gasteiger partial charge is 0.455 e. The third-order valence-corrected chi connectivity index (χ3v) is 2.04. The number of hydrogen-bond donors (Lipinski definition) is 1. The zero-order valence-corrected chi connectivity index (χ0v) is 8.86. The van der Waals surface area contributed by atoms with Gasteiger partial charge < -0.3 is 4.74 Å². The Morgan fingerprint density at radius 2 is 1.94 bits per heavy atom. The third kappa shape index (κ3) is 2.88. The summed E-state index contributed by atoms with van der Waals surface area (Å²) in [5, 5.41) is 5.59. The van der Waals surface area contributed by atoms with Gasteiger partial charge >= 0.3 is 6.18 Å². The van der Waals surface area contributed by atoms with Crippen LogP contribution in [-0.2, 0) is 6.18 Å². The second-order valence-electron chi connectivity index (χ2n) is 3.41. The Morgan fingerprint density at radius 1 is 1.17 bits per heavy atom. The minimum atomic E-state index is -4.44. The SMILES string of the molecule is O=c1cc(Oc2cccc(C(F)(F)F)c2)cn[nH]1. The maximum Gasteiger partial charge on any atom is 0.416 e. The highest BCUT2D eigenvalue weighted by molar-refractivity contribution is 5.33. The van der Waals surface area contributed by atoms with E-state index in [4.69, 9.17) is 4.74 Å². The van der Waals surface area contributed by atoms with Gasteiger partial charge in [-0.2, -0.15) is 18.3 Å². The van der Waals surface area contributed by atoms with E-state index in [1.807, 2.05) is 0 Å². The van der Waals surface area contributed by atoms with Gasteiger partial charge in [0.25, 0.3) is 5.56 Å². The van der Waals surface area contributed by atoms with Crippen molar-refractivity contribution in [2.45, 2.75) is 6.18 Å². The van der Waals surface area contributed by atoms with E-state index in [0.29, 0.717) is 0 Å². The lowest BCUT2D eigenvalue weighted by Crippen LogP contribution is -2.06. The van der Waals surface area contributed by atoms with Crippen LogP contribution in [0.25, 0.3) is 0 Å². The van der Waals surface area contributed by atoms with Crippen LogP contribution in [0.5, 0.6) is 11.5 Å². The van der Waals surface area contributed by atoms with Gasteiger partial charge in [-0.1, -0.05) is 6.07 Å². The van der Waals surface area contributed by atoms with Crippen LogP contribution in [0, 0.1) is 0 Å². The highest BCUT2D eigenvalue weighted by Crippen LogP contribution is 2.32. The maximum atomic E-state index is 12.4. The van der Waals surface area contributed by atoms with Crippen molar-refractivity contribution in [1.82, 2.24) is 10.2 Å². The number of nitrogens with one attached hydrogen (secondary N) is 1. The van der Waals surface area contributed by atoms with E-state index < -0.39 is 17.3 Å². The van der Waals surface area contributed by atoms with E-state index in [1.165, 1.54) is 18.3 Å². The molecule has 0 amide bonds. The topological polar surface area (TPSA) is 55.0 Å². The van der Waals surface area contributed by atoms with Crippen molar-refractivity contribution >= 4 is 0 Å². The molecular formula is C11H7F3N2O2. The second kappa shape index (κ2) is 4.52. The first-order valence-electron chi connectivity index (χ1n) is 4.85. The Hall–Kier alpha value is -2.31. The number of nitrogens with zero attached hydrogens (tertiary/aromatic N) is 1. The molecule has 0 unspecified atom stereocenters. The number of aromatic nitrogens is 2. The lowest BCUT2D eigenvalue weighted by Gasteiger charge is -2.09. The highest BCUT2D eigenvalue weighted by Gasteiger charge is 2.30. The summed E-state index contributed by atoms with van der Waals surface area (Å²) in [4.78, 5) is 10.9. The average molecular weight is 256 g/mol. The molecule has 18 heavy (non-hydrogen) atoms. The van der Waals surface area contributed by atoms with Crippen molar-refractivity contribution in [3.63, 3.8) is 0 Å². The molecule has 0 radical (unpaired) electrons. The summed E-state index contributed by atoms with van der Waals surface area (Å²) >= 11 is 0. The first-order valence-corrected chi connectivity index (χ1v) is 4.85. The van der Waals surface area contributed by atoms with Crippen molar-refractivity contribution in [1.29, 1.82) is 0 Å². The van der Waals surface area contributed by atoms with Gasteiger partial charge in [0, 0.05) is 6.07 Å². The molecular weight excluding hydrogens is 249 g/mol.